The zero-order valence-corrected chi connectivity index (χ0v) is 12.5. The van der Waals surface area contributed by atoms with Gasteiger partial charge in [-0.25, -0.2) is 0 Å². The van der Waals surface area contributed by atoms with Gasteiger partial charge in [0, 0.05) is 19.6 Å². The number of aliphatic carboxylic acids is 1. The van der Waals surface area contributed by atoms with E-state index in [4.69, 9.17) is 9.52 Å². The number of furan rings is 1. The summed E-state index contributed by atoms with van der Waals surface area (Å²) in [7, 11) is 1.74. The minimum absolute atomic E-state index is 0.0126. The predicted octanol–water partition coefficient (Wildman–Crippen LogP) is 1.49. The molecule has 0 aromatic carbocycles. The molecule has 0 aliphatic heterocycles. The molecule has 0 radical (unpaired) electrons. The highest BCUT2D eigenvalue weighted by Gasteiger charge is 2.31. The van der Waals surface area contributed by atoms with Crippen LogP contribution in [0.4, 0.5) is 0 Å². The van der Waals surface area contributed by atoms with Gasteiger partial charge in [0.1, 0.15) is 11.5 Å². The zero-order chi connectivity index (χ0) is 15.4. The van der Waals surface area contributed by atoms with Gasteiger partial charge in [-0.3, -0.25) is 14.5 Å². The molecule has 1 fully saturated rings. The van der Waals surface area contributed by atoms with Crippen molar-refractivity contribution in [1.82, 2.24) is 9.80 Å². The van der Waals surface area contributed by atoms with Crippen molar-refractivity contribution >= 4 is 11.9 Å². The van der Waals surface area contributed by atoms with Crippen LogP contribution in [0.5, 0.6) is 0 Å². The molecular weight excluding hydrogens is 272 g/mol. The van der Waals surface area contributed by atoms with E-state index in [2.05, 4.69) is 0 Å². The second-order valence-corrected chi connectivity index (χ2v) is 5.61. The van der Waals surface area contributed by atoms with Gasteiger partial charge in [-0.05, 0) is 31.9 Å². The van der Waals surface area contributed by atoms with E-state index in [1.54, 1.807) is 11.9 Å². The third kappa shape index (κ3) is 4.90. The summed E-state index contributed by atoms with van der Waals surface area (Å²) in [6.45, 7) is 3.00. The van der Waals surface area contributed by atoms with Crippen LogP contribution in [0.3, 0.4) is 0 Å². The lowest BCUT2D eigenvalue weighted by atomic mass is 10.3. The number of amides is 1. The van der Waals surface area contributed by atoms with E-state index in [0.29, 0.717) is 19.1 Å². The van der Waals surface area contributed by atoms with Crippen LogP contribution in [0.2, 0.25) is 0 Å². The molecule has 0 spiro atoms. The Morgan fingerprint density at radius 1 is 1.38 bits per heavy atom. The van der Waals surface area contributed by atoms with Gasteiger partial charge in [-0.2, -0.15) is 0 Å². The fourth-order valence-corrected chi connectivity index (χ4v) is 2.26. The number of carboxylic acids is 1. The Balaban J connectivity index is 1.84. The highest BCUT2D eigenvalue weighted by atomic mass is 16.4. The number of carbonyl (C=O) groups is 2. The third-order valence-electron chi connectivity index (χ3n) is 3.63. The highest BCUT2D eigenvalue weighted by Crippen LogP contribution is 2.26. The monoisotopic (exact) mass is 294 g/mol. The van der Waals surface area contributed by atoms with Crippen LogP contribution < -0.4 is 0 Å². The van der Waals surface area contributed by atoms with E-state index in [9.17, 15) is 9.59 Å². The van der Waals surface area contributed by atoms with E-state index in [-0.39, 0.29) is 18.9 Å². The van der Waals surface area contributed by atoms with Crippen molar-refractivity contribution in [1.29, 1.82) is 0 Å². The molecule has 1 aromatic heterocycles. The van der Waals surface area contributed by atoms with Crippen molar-refractivity contribution in [3.05, 3.63) is 23.7 Å². The maximum Gasteiger partial charge on any atom is 0.304 e. The largest absolute Gasteiger partial charge is 0.481 e. The lowest BCUT2D eigenvalue weighted by molar-refractivity contribution is -0.138. The van der Waals surface area contributed by atoms with Crippen molar-refractivity contribution in [2.75, 3.05) is 20.1 Å². The lowest BCUT2D eigenvalue weighted by Gasteiger charge is -2.24. The number of hydrogen-bond acceptors (Lipinski definition) is 4. The molecule has 1 aliphatic rings. The van der Waals surface area contributed by atoms with Crippen LogP contribution in [0.1, 0.15) is 30.8 Å². The number of hydrogen-bond donors (Lipinski definition) is 1. The Labute approximate surface area is 124 Å². The molecule has 116 valence electrons. The summed E-state index contributed by atoms with van der Waals surface area (Å²) >= 11 is 0. The molecule has 2 rings (SSSR count). The average molecular weight is 294 g/mol. The molecule has 0 atom stereocenters. The summed E-state index contributed by atoms with van der Waals surface area (Å²) in [6, 6.07) is 4.10. The molecule has 6 nitrogen and oxygen atoms in total. The van der Waals surface area contributed by atoms with Gasteiger partial charge in [0.2, 0.25) is 5.91 Å². The van der Waals surface area contributed by atoms with Crippen LogP contribution in [-0.2, 0) is 16.1 Å². The van der Waals surface area contributed by atoms with Crippen molar-refractivity contribution in [3.8, 4) is 0 Å². The number of carboxylic acid groups (broad SMARTS) is 1. The lowest BCUT2D eigenvalue weighted by Crippen LogP contribution is -2.40. The predicted molar refractivity (Wildman–Crippen MR) is 76.8 cm³/mol. The van der Waals surface area contributed by atoms with E-state index >= 15 is 0 Å². The van der Waals surface area contributed by atoms with Gasteiger partial charge in [0.15, 0.2) is 0 Å². The second-order valence-electron chi connectivity index (χ2n) is 5.61. The molecule has 21 heavy (non-hydrogen) atoms. The average Bonchev–Trinajstić information content (AvgIpc) is 3.18. The summed E-state index contributed by atoms with van der Waals surface area (Å²) in [5, 5.41) is 8.77. The molecule has 1 amide bonds. The normalized spacial score (nSPS) is 14.4. The van der Waals surface area contributed by atoms with Crippen LogP contribution >= 0.6 is 0 Å². The molecule has 0 unspecified atom stereocenters. The van der Waals surface area contributed by atoms with Crippen LogP contribution in [0.15, 0.2) is 16.5 Å². The van der Waals surface area contributed by atoms with Crippen molar-refractivity contribution in [2.24, 2.45) is 0 Å². The molecule has 0 saturated heterocycles. The van der Waals surface area contributed by atoms with Gasteiger partial charge in [0.05, 0.1) is 19.5 Å². The minimum Gasteiger partial charge on any atom is -0.481 e. The van der Waals surface area contributed by atoms with Gasteiger partial charge in [-0.1, -0.05) is 0 Å². The van der Waals surface area contributed by atoms with Gasteiger partial charge in [-0.15, -0.1) is 0 Å². The smallest absolute Gasteiger partial charge is 0.304 e. The zero-order valence-electron chi connectivity index (χ0n) is 12.5. The van der Waals surface area contributed by atoms with Gasteiger partial charge < -0.3 is 14.4 Å². The van der Waals surface area contributed by atoms with E-state index < -0.39 is 5.97 Å². The minimum atomic E-state index is -0.826. The fraction of sp³-hybridized carbons (Fsp3) is 0.600. The number of likely N-dealkylation sites (N-methyl/N-ethyl adjacent to an activating group) is 1. The number of rotatable bonds is 8. The standard InChI is InChI=1S/C15H22N2O4/c1-11-3-6-13(21-11)9-16(2)14(18)10-17(12-4-5-12)8-7-15(19)20/h3,6,12H,4-5,7-10H2,1-2H3,(H,19,20). The van der Waals surface area contributed by atoms with Crippen molar-refractivity contribution in [2.45, 2.75) is 38.8 Å². The van der Waals surface area contributed by atoms with Crippen molar-refractivity contribution < 1.29 is 19.1 Å². The first kappa shape index (κ1) is 15.6. The van der Waals surface area contributed by atoms with Crippen LogP contribution in [0.25, 0.3) is 0 Å². The van der Waals surface area contributed by atoms with E-state index in [1.165, 1.54) is 0 Å². The Bertz CT molecular complexity index is 508. The van der Waals surface area contributed by atoms with Gasteiger partial charge in [0.25, 0.3) is 0 Å². The van der Waals surface area contributed by atoms with Crippen molar-refractivity contribution in [3.63, 3.8) is 0 Å². The number of nitrogens with zero attached hydrogens (tertiary/aromatic N) is 2. The topological polar surface area (TPSA) is 74.0 Å². The third-order valence-corrected chi connectivity index (χ3v) is 3.63. The Hall–Kier alpha value is -1.82. The maximum absolute atomic E-state index is 12.2. The molecular formula is C15H22N2O4. The molecule has 1 saturated carbocycles. The Kier molecular flexibility index (Phi) is 5.01. The summed E-state index contributed by atoms with van der Waals surface area (Å²) < 4.78 is 5.46. The van der Waals surface area contributed by atoms with E-state index in [0.717, 1.165) is 24.4 Å². The molecule has 6 heteroatoms. The van der Waals surface area contributed by atoms with Crippen LogP contribution in [-0.4, -0.2) is 53.0 Å². The molecule has 1 heterocycles. The van der Waals surface area contributed by atoms with Crippen LogP contribution in [0, 0.1) is 6.92 Å². The SMILES string of the molecule is Cc1ccc(CN(C)C(=O)CN(CCC(=O)O)C2CC2)o1. The first-order valence-corrected chi connectivity index (χ1v) is 7.21. The number of aryl methyl sites for hydroxylation is 1. The summed E-state index contributed by atoms with van der Waals surface area (Å²) in [5.74, 6) is 0.743. The Morgan fingerprint density at radius 2 is 2.10 bits per heavy atom. The summed E-state index contributed by atoms with van der Waals surface area (Å²) in [4.78, 5) is 26.5. The summed E-state index contributed by atoms with van der Waals surface area (Å²) in [6.07, 6.45) is 2.17. The fourth-order valence-electron chi connectivity index (χ4n) is 2.26. The number of carbonyl (C=O) groups excluding carboxylic acids is 1. The Morgan fingerprint density at radius 3 is 2.62 bits per heavy atom. The quantitative estimate of drug-likeness (QED) is 0.786. The molecule has 1 N–H and O–H groups in total. The first-order valence-electron chi connectivity index (χ1n) is 7.21. The molecule has 1 aromatic rings. The first-order chi connectivity index (χ1) is 9.95. The summed E-state index contributed by atoms with van der Waals surface area (Å²) in [5.41, 5.74) is 0. The van der Waals surface area contributed by atoms with E-state index in [1.807, 2.05) is 24.0 Å². The molecule has 0 bridgehead atoms. The maximum atomic E-state index is 12.2. The molecule has 1 aliphatic carbocycles. The second kappa shape index (κ2) is 6.76. The highest BCUT2D eigenvalue weighted by molar-refractivity contribution is 5.78. The van der Waals surface area contributed by atoms with Gasteiger partial charge >= 0.3 is 5.97 Å².